The summed E-state index contributed by atoms with van der Waals surface area (Å²) in [5.74, 6) is 0.365. The van der Waals surface area contributed by atoms with Gasteiger partial charge in [-0.25, -0.2) is 0 Å². The molecule has 0 radical (unpaired) electrons. The number of hydrogen-bond acceptors (Lipinski definition) is 3. The second-order valence-corrected chi connectivity index (χ2v) is 5.33. The van der Waals surface area contributed by atoms with Crippen molar-refractivity contribution in [3.8, 4) is 17.2 Å². The molecule has 3 heteroatoms. The molecule has 2 rings (SSSR count). The molecule has 0 aliphatic carbocycles. The fraction of sp³-hybridized carbons (Fsp3) is 0.250. The van der Waals surface area contributed by atoms with Gasteiger partial charge in [0.15, 0.2) is 0 Å². The second kappa shape index (κ2) is 4.50. The van der Waals surface area contributed by atoms with Crippen LogP contribution < -0.4 is 0 Å². The van der Waals surface area contributed by atoms with Crippen LogP contribution in [0, 0.1) is 6.92 Å². The maximum Gasteiger partial charge on any atom is 0.123 e. The van der Waals surface area contributed by atoms with Crippen LogP contribution in [0.2, 0.25) is 0 Å². The Balaban J connectivity index is 2.54. The Labute approximate surface area is 112 Å². The molecule has 19 heavy (non-hydrogen) atoms. The summed E-state index contributed by atoms with van der Waals surface area (Å²) in [5.41, 5.74) is 2.10. The normalized spacial score (nSPS) is 11.5. The quantitative estimate of drug-likeness (QED) is 0.773. The number of benzene rings is 2. The average Bonchev–Trinajstić information content (AvgIpc) is 2.32. The van der Waals surface area contributed by atoms with Gasteiger partial charge >= 0.3 is 0 Å². The first-order valence-electron chi connectivity index (χ1n) is 6.15. The Hall–Kier alpha value is -2.16. The SMILES string of the molecule is Cc1cc(C(C)(C)c2ccc(O)cc2O)ccc1O. The predicted molar refractivity (Wildman–Crippen MR) is 74.7 cm³/mol. The molecule has 2 aromatic carbocycles. The Morgan fingerprint density at radius 3 is 2.11 bits per heavy atom. The Kier molecular flexibility index (Phi) is 3.14. The first-order valence-corrected chi connectivity index (χ1v) is 6.15. The number of phenols is 3. The van der Waals surface area contributed by atoms with Gasteiger partial charge < -0.3 is 15.3 Å². The third kappa shape index (κ3) is 2.36. The molecule has 0 spiro atoms. The highest BCUT2D eigenvalue weighted by Gasteiger charge is 2.26. The van der Waals surface area contributed by atoms with Gasteiger partial charge in [-0.1, -0.05) is 32.0 Å². The largest absolute Gasteiger partial charge is 0.508 e. The van der Waals surface area contributed by atoms with E-state index in [1.807, 2.05) is 32.9 Å². The lowest BCUT2D eigenvalue weighted by Gasteiger charge is -2.27. The minimum Gasteiger partial charge on any atom is -0.508 e. The minimum absolute atomic E-state index is 0.0407. The summed E-state index contributed by atoms with van der Waals surface area (Å²) in [6, 6.07) is 10.0. The van der Waals surface area contributed by atoms with Gasteiger partial charge in [0.25, 0.3) is 0 Å². The van der Waals surface area contributed by atoms with Crippen molar-refractivity contribution in [3.63, 3.8) is 0 Å². The zero-order chi connectivity index (χ0) is 14.2. The van der Waals surface area contributed by atoms with Crippen LogP contribution in [0.1, 0.15) is 30.5 Å². The average molecular weight is 258 g/mol. The summed E-state index contributed by atoms with van der Waals surface area (Å²) in [6.07, 6.45) is 0. The van der Waals surface area contributed by atoms with Gasteiger partial charge in [0.1, 0.15) is 17.2 Å². The van der Waals surface area contributed by atoms with Crippen LogP contribution in [0.25, 0.3) is 0 Å². The van der Waals surface area contributed by atoms with E-state index in [9.17, 15) is 15.3 Å². The topological polar surface area (TPSA) is 60.7 Å². The third-order valence-electron chi connectivity index (χ3n) is 3.57. The lowest BCUT2D eigenvalue weighted by Crippen LogP contribution is -2.19. The van der Waals surface area contributed by atoms with Gasteiger partial charge in [0, 0.05) is 17.0 Å². The maximum atomic E-state index is 10.0. The summed E-state index contributed by atoms with van der Waals surface area (Å²) in [4.78, 5) is 0. The van der Waals surface area contributed by atoms with Crippen molar-refractivity contribution in [2.75, 3.05) is 0 Å². The summed E-state index contributed by atoms with van der Waals surface area (Å²) >= 11 is 0. The van der Waals surface area contributed by atoms with Crippen molar-refractivity contribution >= 4 is 0 Å². The molecule has 0 saturated carbocycles. The molecule has 0 aromatic heterocycles. The van der Waals surface area contributed by atoms with Crippen molar-refractivity contribution in [3.05, 3.63) is 53.1 Å². The molecular weight excluding hydrogens is 240 g/mol. The first kappa shape index (κ1) is 13.3. The lowest BCUT2D eigenvalue weighted by atomic mass is 9.77. The highest BCUT2D eigenvalue weighted by atomic mass is 16.3. The molecule has 2 aromatic rings. The van der Waals surface area contributed by atoms with Crippen molar-refractivity contribution in [2.24, 2.45) is 0 Å². The summed E-state index contributed by atoms with van der Waals surface area (Å²) < 4.78 is 0. The van der Waals surface area contributed by atoms with E-state index in [1.165, 1.54) is 6.07 Å². The van der Waals surface area contributed by atoms with E-state index in [0.717, 1.165) is 16.7 Å². The fourth-order valence-electron chi connectivity index (χ4n) is 2.25. The van der Waals surface area contributed by atoms with Gasteiger partial charge in [-0.05, 0) is 30.2 Å². The van der Waals surface area contributed by atoms with E-state index in [-0.39, 0.29) is 17.2 Å². The summed E-state index contributed by atoms with van der Waals surface area (Å²) in [5, 5.41) is 29.0. The Bertz CT molecular complexity index is 615. The van der Waals surface area contributed by atoms with Gasteiger partial charge in [0.05, 0.1) is 0 Å². The molecule has 0 saturated heterocycles. The van der Waals surface area contributed by atoms with Gasteiger partial charge in [-0.2, -0.15) is 0 Å². The fourth-order valence-corrected chi connectivity index (χ4v) is 2.25. The van der Waals surface area contributed by atoms with Crippen LogP contribution in [0.15, 0.2) is 36.4 Å². The van der Waals surface area contributed by atoms with Crippen LogP contribution >= 0.6 is 0 Å². The summed E-state index contributed by atoms with van der Waals surface area (Å²) in [7, 11) is 0. The Morgan fingerprint density at radius 1 is 0.842 bits per heavy atom. The van der Waals surface area contributed by atoms with E-state index in [1.54, 1.807) is 18.2 Å². The van der Waals surface area contributed by atoms with Crippen molar-refractivity contribution in [1.29, 1.82) is 0 Å². The molecule has 0 aliphatic heterocycles. The van der Waals surface area contributed by atoms with Gasteiger partial charge in [-0.3, -0.25) is 0 Å². The Morgan fingerprint density at radius 2 is 1.53 bits per heavy atom. The van der Waals surface area contributed by atoms with Crippen LogP contribution in [-0.4, -0.2) is 15.3 Å². The van der Waals surface area contributed by atoms with E-state index in [4.69, 9.17) is 0 Å². The molecule has 3 N–H and O–H groups in total. The zero-order valence-electron chi connectivity index (χ0n) is 11.3. The maximum absolute atomic E-state index is 10.0. The van der Waals surface area contributed by atoms with Crippen molar-refractivity contribution < 1.29 is 15.3 Å². The number of aromatic hydroxyl groups is 3. The van der Waals surface area contributed by atoms with Gasteiger partial charge in [0.2, 0.25) is 0 Å². The molecular formula is C16H18O3. The lowest BCUT2D eigenvalue weighted by molar-refractivity contribution is 0.436. The highest BCUT2D eigenvalue weighted by molar-refractivity contribution is 5.50. The van der Waals surface area contributed by atoms with Gasteiger partial charge in [-0.15, -0.1) is 0 Å². The summed E-state index contributed by atoms with van der Waals surface area (Å²) in [6.45, 7) is 5.82. The minimum atomic E-state index is -0.420. The molecule has 0 fully saturated rings. The second-order valence-electron chi connectivity index (χ2n) is 5.33. The number of rotatable bonds is 2. The van der Waals surface area contributed by atoms with Crippen LogP contribution in [0.4, 0.5) is 0 Å². The number of aryl methyl sites for hydroxylation is 1. The number of hydrogen-bond donors (Lipinski definition) is 3. The molecule has 0 heterocycles. The van der Waals surface area contributed by atoms with Crippen LogP contribution in [0.3, 0.4) is 0 Å². The van der Waals surface area contributed by atoms with Crippen LogP contribution in [-0.2, 0) is 5.41 Å². The predicted octanol–water partition coefficient (Wildman–Crippen LogP) is 3.44. The first-order chi connectivity index (χ1) is 8.82. The van der Waals surface area contributed by atoms with E-state index < -0.39 is 5.41 Å². The molecule has 3 nitrogen and oxygen atoms in total. The molecule has 0 bridgehead atoms. The van der Waals surface area contributed by atoms with E-state index >= 15 is 0 Å². The highest BCUT2D eigenvalue weighted by Crippen LogP contribution is 2.39. The molecule has 0 unspecified atom stereocenters. The monoisotopic (exact) mass is 258 g/mol. The smallest absolute Gasteiger partial charge is 0.123 e. The van der Waals surface area contributed by atoms with Crippen LogP contribution in [0.5, 0.6) is 17.2 Å². The van der Waals surface area contributed by atoms with E-state index in [0.29, 0.717) is 0 Å². The molecule has 100 valence electrons. The third-order valence-corrected chi connectivity index (χ3v) is 3.57. The molecule has 0 aliphatic rings. The molecule has 0 amide bonds. The van der Waals surface area contributed by atoms with Crippen molar-refractivity contribution in [2.45, 2.75) is 26.2 Å². The molecule has 0 atom stereocenters. The van der Waals surface area contributed by atoms with Crippen molar-refractivity contribution in [1.82, 2.24) is 0 Å². The zero-order valence-corrected chi connectivity index (χ0v) is 11.3. The standard InChI is InChI=1S/C16H18O3/c1-10-8-11(4-7-14(10)18)16(2,3)13-6-5-12(17)9-15(13)19/h4-9,17-19H,1-3H3. The number of phenolic OH excluding ortho intramolecular Hbond substituents is 3. The van der Waals surface area contributed by atoms with E-state index in [2.05, 4.69) is 0 Å².